The number of hydrogen-bond acceptors (Lipinski definition) is 2. The number of nitrogens with zero attached hydrogens (tertiary/aromatic N) is 2. The van der Waals surface area contributed by atoms with Gasteiger partial charge in [0, 0.05) is 34.1 Å². The minimum atomic E-state index is 0.0108. The molecule has 0 saturated heterocycles. The number of anilines is 6. The number of hydrogen-bond donors (Lipinski definition) is 0. The molecule has 0 unspecified atom stereocenters. The Morgan fingerprint density at radius 3 is 1.40 bits per heavy atom. The van der Waals surface area contributed by atoms with Crippen molar-refractivity contribution in [3.05, 3.63) is 124 Å². The third kappa shape index (κ3) is 5.99. The minimum absolute atomic E-state index is 0.0108. The smallest absolute Gasteiger partial charge is 0.252 e. The molecule has 3 heteroatoms. The van der Waals surface area contributed by atoms with Crippen molar-refractivity contribution in [1.82, 2.24) is 0 Å². The van der Waals surface area contributed by atoms with Crippen LogP contribution in [-0.4, -0.2) is 6.71 Å². The lowest BCUT2D eigenvalue weighted by Crippen LogP contribution is -2.62. The Balaban J connectivity index is 1.61. The molecule has 2 aliphatic rings. The highest BCUT2D eigenvalue weighted by atomic mass is 15.2. The first-order valence-electron chi connectivity index (χ1n) is 19.3. The Morgan fingerprint density at radius 2 is 0.865 bits per heavy atom. The molecule has 7 rings (SSSR count). The molecule has 2 heterocycles. The van der Waals surface area contributed by atoms with Crippen molar-refractivity contribution in [2.75, 3.05) is 9.80 Å². The predicted octanol–water partition coefficient (Wildman–Crippen LogP) is 11.9. The van der Waals surface area contributed by atoms with E-state index in [-0.39, 0.29) is 28.4 Å². The van der Waals surface area contributed by atoms with E-state index < -0.39 is 0 Å². The maximum atomic E-state index is 2.61. The van der Waals surface area contributed by atoms with Crippen LogP contribution in [0.3, 0.4) is 0 Å². The standard InChI is InChI=1S/C49H59BN2/c1-30-24-42-44-43(25-30)52(40-22-18-34(26-31(40)2)47(7,8)9)45-32(3)27-36(49(13,14)15)29-39(45)50(44)38-28-35(48(10,11)12)19-23-41(38)51(42)37-20-16-33(17-21-37)46(4,5)6/h16-29H,1-15H3. The first-order valence-corrected chi connectivity index (χ1v) is 19.3. The van der Waals surface area contributed by atoms with Gasteiger partial charge in [0.2, 0.25) is 0 Å². The van der Waals surface area contributed by atoms with Crippen molar-refractivity contribution in [3.63, 3.8) is 0 Å². The lowest BCUT2D eigenvalue weighted by atomic mass is 9.33. The van der Waals surface area contributed by atoms with Gasteiger partial charge < -0.3 is 9.80 Å². The summed E-state index contributed by atoms with van der Waals surface area (Å²) in [5.41, 5.74) is 21.3. The highest BCUT2D eigenvalue weighted by Gasteiger charge is 2.45. The van der Waals surface area contributed by atoms with Crippen molar-refractivity contribution < 1.29 is 0 Å². The van der Waals surface area contributed by atoms with Crippen LogP contribution in [0.5, 0.6) is 0 Å². The summed E-state index contributed by atoms with van der Waals surface area (Å²) in [7, 11) is 0. The SMILES string of the molecule is Cc1cc2c3c(c1)N(c1ccc(C(C)(C)C)cc1C)c1c(C)cc(C(C)(C)C)cc1B3c1cc(C(C)(C)C)ccc1N2c1ccc(C(C)(C)C)cc1. The van der Waals surface area contributed by atoms with Gasteiger partial charge >= 0.3 is 0 Å². The van der Waals surface area contributed by atoms with Gasteiger partial charge in [0.15, 0.2) is 0 Å². The van der Waals surface area contributed by atoms with Crippen LogP contribution in [0.25, 0.3) is 0 Å². The molecule has 2 aliphatic heterocycles. The molecule has 0 atom stereocenters. The number of rotatable bonds is 2. The molecule has 5 aromatic carbocycles. The number of fused-ring (bicyclic) bond motifs is 4. The summed E-state index contributed by atoms with van der Waals surface area (Å²) in [4.78, 5) is 5.16. The molecule has 5 aromatic rings. The quantitative estimate of drug-likeness (QED) is 0.167. The lowest BCUT2D eigenvalue weighted by molar-refractivity contribution is 0.589. The maximum absolute atomic E-state index is 2.61. The number of benzene rings is 5. The summed E-state index contributed by atoms with van der Waals surface area (Å²) >= 11 is 0. The summed E-state index contributed by atoms with van der Waals surface area (Å²) in [6, 6.07) is 33.6. The van der Waals surface area contributed by atoms with Gasteiger partial charge in [-0.05, 0) is 134 Å². The summed E-state index contributed by atoms with van der Waals surface area (Å²) in [5, 5.41) is 0. The van der Waals surface area contributed by atoms with E-state index in [2.05, 4.69) is 199 Å². The highest BCUT2D eigenvalue weighted by molar-refractivity contribution is 7.00. The Hall–Kier alpha value is -4.24. The second-order valence-corrected chi connectivity index (χ2v) is 19.9. The van der Waals surface area contributed by atoms with E-state index >= 15 is 0 Å². The molecule has 0 fully saturated rings. The van der Waals surface area contributed by atoms with Gasteiger partial charge in [-0.15, -0.1) is 0 Å². The van der Waals surface area contributed by atoms with Crippen LogP contribution in [0.2, 0.25) is 0 Å². The average Bonchev–Trinajstić information content (AvgIpc) is 3.03. The number of aryl methyl sites for hydroxylation is 3. The summed E-state index contributed by atoms with van der Waals surface area (Å²) in [6.07, 6.45) is 0. The summed E-state index contributed by atoms with van der Waals surface area (Å²) in [5.74, 6) is 0. The second-order valence-electron chi connectivity index (χ2n) is 19.9. The molecule has 0 N–H and O–H groups in total. The Morgan fingerprint density at radius 1 is 0.404 bits per heavy atom. The van der Waals surface area contributed by atoms with Gasteiger partial charge in [0.1, 0.15) is 0 Å². The molecule has 0 saturated carbocycles. The Kier molecular flexibility index (Phi) is 8.26. The Bertz CT molecular complexity index is 2210. The monoisotopic (exact) mass is 686 g/mol. The minimum Gasteiger partial charge on any atom is -0.311 e. The fourth-order valence-corrected chi connectivity index (χ4v) is 8.39. The predicted molar refractivity (Wildman–Crippen MR) is 229 cm³/mol. The summed E-state index contributed by atoms with van der Waals surface area (Å²) in [6.45, 7) is 34.9. The van der Waals surface area contributed by atoms with Gasteiger partial charge in [-0.1, -0.05) is 132 Å². The van der Waals surface area contributed by atoms with Crippen LogP contribution in [0.15, 0.2) is 84.9 Å². The molecule has 0 aromatic heterocycles. The molecule has 268 valence electrons. The third-order valence-electron chi connectivity index (χ3n) is 11.5. The molecule has 0 amide bonds. The van der Waals surface area contributed by atoms with Gasteiger partial charge in [-0.25, -0.2) is 0 Å². The zero-order chi connectivity index (χ0) is 37.9. The van der Waals surface area contributed by atoms with E-state index in [0.717, 1.165) is 0 Å². The van der Waals surface area contributed by atoms with Crippen LogP contribution < -0.4 is 26.2 Å². The van der Waals surface area contributed by atoms with Crippen LogP contribution in [0.1, 0.15) is 122 Å². The second kappa shape index (κ2) is 11.9. The van der Waals surface area contributed by atoms with E-state index in [1.807, 2.05) is 0 Å². The lowest BCUT2D eigenvalue weighted by Gasteiger charge is -2.46. The van der Waals surface area contributed by atoms with Gasteiger partial charge in [-0.2, -0.15) is 0 Å². The molecular weight excluding hydrogens is 627 g/mol. The van der Waals surface area contributed by atoms with Gasteiger partial charge in [0.25, 0.3) is 6.71 Å². The van der Waals surface area contributed by atoms with Crippen LogP contribution in [0, 0.1) is 20.8 Å². The average molecular weight is 687 g/mol. The fourth-order valence-electron chi connectivity index (χ4n) is 8.39. The summed E-state index contributed by atoms with van der Waals surface area (Å²) < 4.78 is 0. The normalized spacial score (nSPS) is 14.3. The van der Waals surface area contributed by atoms with E-state index in [4.69, 9.17) is 0 Å². The van der Waals surface area contributed by atoms with E-state index in [1.54, 1.807) is 0 Å². The topological polar surface area (TPSA) is 6.48 Å². The fraction of sp³-hybridized carbons (Fsp3) is 0.388. The van der Waals surface area contributed by atoms with Crippen LogP contribution in [-0.2, 0) is 21.7 Å². The Labute approximate surface area is 315 Å². The van der Waals surface area contributed by atoms with Gasteiger partial charge in [0.05, 0.1) is 0 Å². The molecule has 0 radical (unpaired) electrons. The maximum Gasteiger partial charge on any atom is 0.252 e. The zero-order valence-corrected chi connectivity index (χ0v) is 34.6. The van der Waals surface area contributed by atoms with Crippen molar-refractivity contribution in [3.8, 4) is 0 Å². The first kappa shape index (κ1) is 36.1. The van der Waals surface area contributed by atoms with Gasteiger partial charge in [-0.3, -0.25) is 0 Å². The zero-order valence-electron chi connectivity index (χ0n) is 34.6. The molecular formula is C49H59BN2. The largest absolute Gasteiger partial charge is 0.311 e. The highest BCUT2D eigenvalue weighted by Crippen LogP contribution is 2.47. The molecule has 52 heavy (non-hydrogen) atoms. The molecule has 0 aliphatic carbocycles. The van der Waals surface area contributed by atoms with Crippen molar-refractivity contribution in [2.45, 2.75) is 126 Å². The van der Waals surface area contributed by atoms with Crippen molar-refractivity contribution in [2.24, 2.45) is 0 Å². The van der Waals surface area contributed by atoms with Crippen molar-refractivity contribution in [1.29, 1.82) is 0 Å². The molecule has 0 bridgehead atoms. The molecule has 2 nitrogen and oxygen atoms in total. The van der Waals surface area contributed by atoms with E-state index in [9.17, 15) is 0 Å². The van der Waals surface area contributed by atoms with Crippen LogP contribution >= 0.6 is 0 Å². The van der Waals surface area contributed by atoms with E-state index in [0.29, 0.717) is 0 Å². The van der Waals surface area contributed by atoms with Crippen LogP contribution in [0.4, 0.5) is 34.1 Å². The van der Waals surface area contributed by atoms with Crippen molar-refractivity contribution >= 4 is 57.2 Å². The first-order chi connectivity index (χ1) is 24.1. The third-order valence-corrected chi connectivity index (χ3v) is 11.5. The van der Waals surface area contributed by atoms with E-state index in [1.165, 1.54) is 89.5 Å². The molecule has 0 spiro atoms.